The molecular formula is C21H23F3N4. The minimum Gasteiger partial charge on any atom is -0.289 e. The van der Waals surface area contributed by atoms with E-state index in [2.05, 4.69) is 21.0 Å². The summed E-state index contributed by atoms with van der Waals surface area (Å²) in [6.45, 7) is 4.59. The van der Waals surface area contributed by atoms with Crippen molar-refractivity contribution in [3.05, 3.63) is 58.9 Å². The molecule has 148 valence electrons. The van der Waals surface area contributed by atoms with E-state index < -0.39 is 11.7 Å². The molecule has 1 aliphatic carbocycles. The Kier molecular flexibility index (Phi) is 4.65. The van der Waals surface area contributed by atoms with E-state index in [-0.39, 0.29) is 6.04 Å². The van der Waals surface area contributed by atoms with Crippen LogP contribution in [0, 0.1) is 6.92 Å². The largest absolute Gasteiger partial charge is 0.416 e. The van der Waals surface area contributed by atoms with E-state index in [1.807, 2.05) is 27.1 Å². The van der Waals surface area contributed by atoms with E-state index in [9.17, 15) is 13.2 Å². The van der Waals surface area contributed by atoms with Gasteiger partial charge in [-0.25, -0.2) is 4.98 Å². The Hall–Kier alpha value is -2.41. The standard InChI is InChI=1S/C21H23F3N4/c1-13-19-9-15(11-25-20(19)27(3)26-13)12-28(18-7-8-18)14(2)16-5-4-6-17(10-16)21(22,23)24/h4-6,9-11,14,18H,7-8,12H2,1-3H3. The molecule has 0 amide bonds. The van der Waals surface area contributed by atoms with Crippen molar-refractivity contribution >= 4 is 11.0 Å². The second-order valence-electron chi connectivity index (χ2n) is 7.63. The van der Waals surface area contributed by atoms with Crippen LogP contribution in [-0.4, -0.2) is 25.7 Å². The number of halogens is 3. The van der Waals surface area contributed by atoms with E-state index in [0.717, 1.165) is 41.2 Å². The van der Waals surface area contributed by atoms with Crippen LogP contribution >= 0.6 is 0 Å². The Balaban J connectivity index is 1.62. The van der Waals surface area contributed by atoms with Gasteiger partial charge in [0.1, 0.15) is 0 Å². The molecule has 4 rings (SSSR count). The lowest BCUT2D eigenvalue weighted by atomic mass is 10.0. The molecule has 0 spiro atoms. The quantitative estimate of drug-likeness (QED) is 0.615. The molecule has 7 heteroatoms. The van der Waals surface area contributed by atoms with Crippen LogP contribution in [-0.2, 0) is 19.8 Å². The summed E-state index contributed by atoms with van der Waals surface area (Å²) < 4.78 is 41.1. The number of benzene rings is 1. The number of nitrogens with zero attached hydrogens (tertiary/aromatic N) is 4. The molecule has 1 atom stereocenters. The summed E-state index contributed by atoms with van der Waals surface area (Å²) in [5, 5.41) is 5.42. The molecule has 1 aromatic carbocycles. The number of fused-ring (bicyclic) bond motifs is 1. The highest BCUT2D eigenvalue weighted by Crippen LogP contribution is 2.37. The predicted molar refractivity (Wildman–Crippen MR) is 102 cm³/mol. The molecule has 0 aliphatic heterocycles. The summed E-state index contributed by atoms with van der Waals surface area (Å²) in [6, 6.07) is 8.05. The number of alkyl halides is 3. The van der Waals surface area contributed by atoms with Gasteiger partial charge in [0.15, 0.2) is 5.65 Å². The fourth-order valence-corrected chi connectivity index (χ4v) is 3.80. The van der Waals surface area contributed by atoms with E-state index >= 15 is 0 Å². The zero-order valence-corrected chi connectivity index (χ0v) is 16.2. The Labute approximate surface area is 162 Å². The molecule has 3 aromatic rings. The summed E-state index contributed by atoms with van der Waals surface area (Å²) in [6.07, 6.45) is -0.333. The average Bonchev–Trinajstić information content (AvgIpc) is 3.45. The van der Waals surface area contributed by atoms with Crippen molar-refractivity contribution in [1.82, 2.24) is 19.7 Å². The molecule has 2 heterocycles. The topological polar surface area (TPSA) is 34.0 Å². The summed E-state index contributed by atoms with van der Waals surface area (Å²) in [7, 11) is 1.87. The zero-order chi connectivity index (χ0) is 20.1. The highest BCUT2D eigenvalue weighted by molar-refractivity contribution is 5.78. The first-order chi connectivity index (χ1) is 13.2. The minimum absolute atomic E-state index is 0.111. The molecular weight excluding hydrogens is 365 g/mol. The first kappa shape index (κ1) is 18.9. The minimum atomic E-state index is -4.33. The van der Waals surface area contributed by atoms with Crippen molar-refractivity contribution in [2.45, 2.75) is 51.5 Å². The highest BCUT2D eigenvalue weighted by Gasteiger charge is 2.35. The molecule has 0 saturated heterocycles. The molecule has 1 saturated carbocycles. The van der Waals surface area contributed by atoms with Crippen LogP contribution in [0.2, 0.25) is 0 Å². The van der Waals surface area contributed by atoms with Gasteiger partial charge in [-0.1, -0.05) is 12.1 Å². The maximum Gasteiger partial charge on any atom is 0.416 e. The summed E-state index contributed by atoms with van der Waals surface area (Å²) >= 11 is 0. The van der Waals surface area contributed by atoms with E-state index in [1.54, 1.807) is 10.7 Å². The molecule has 28 heavy (non-hydrogen) atoms. The van der Waals surface area contributed by atoms with Gasteiger partial charge >= 0.3 is 6.18 Å². The van der Waals surface area contributed by atoms with Crippen molar-refractivity contribution in [1.29, 1.82) is 0 Å². The Morgan fingerprint density at radius 1 is 1.25 bits per heavy atom. The summed E-state index contributed by atoms with van der Waals surface area (Å²) in [4.78, 5) is 6.82. The second kappa shape index (κ2) is 6.88. The maximum absolute atomic E-state index is 13.1. The van der Waals surface area contributed by atoms with Gasteiger partial charge in [-0.05, 0) is 56.0 Å². The number of pyridine rings is 1. The third-order valence-electron chi connectivity index (χ3n) is 5.49. The fraction of sp³-hybridized carbons (Fsp3) is 0.429. The highest BCUT2D eigenvalue weighted by atomic mass is 19.4. The molecule has 0 bridgehead atoms. The number of rotatable bonds is 5. The Morgan fingerprint density at radius 3 is 2.68 bits per heavy atom. The molecule has 1 aliphatic rings. The lowest BCUT2D eigenvalue weighted by molar-refractivity contribution is -0.137. The summed E-state index contributed by atoms with van der Waals surface area (Å²) in [5.41, 5.74) is 2.91. The smallest absolute Gasteiger partial charge is 0.289 e. The first-order valence-corrected chi connectivity index (χ1v) is 9.45. The van der Waals surface area contributed by atoms with E-state index in [1.165, 1.54) is 12.1 Å². The van der Waals surface area contributed by atoms with Gasteiger partial charge in [0.25, 0.3) is 0 Å². The van der Waals surface area contributed by atoms with Crippen molar-refractivity contribution in [3.8, 4) is 0 Å². The number of aromatic nitrogens is 3. The van der Waals surface area contributed by atoms with Crippen molar-refractivity contribution < 1.29 is 13.2 Å². The van der Waals surface area contributed by atoms with Crippen molar-refractivity contribution in [3.63, 3.8) is 0 Å². The van der Waals surface area contributed by atoms with E-state index in [4.69, 9.17) is 0 Å². The third-order valence-corrected chi connectivity index (χ3v) is 5.49. The second-order valence-corrected chi connectivity index (χ2v) is 7.63. The van der Waals surface area contributed by atoms with Gasteiger partial charge < -0.3 is 0 Å². The third kappa shape index (κ3) is 3.63. The van der Waals surface area contributed by atoms with Gasteiger partial charge in [-0.2, -0.15) is 18.3 Å². The SMILES string of the molecule is Cc1nn(C)c2ncc(CN(C3CC3)C(C)c3cccc(C(F)(F)F)c3)cc12. The van der Waals surface area contributed by atoms with Gasteiger partial charge in [-0.3, -0.25) is 9.58 Å². The van der Waals surface area contributed by atoms with Crippen LogP contribution in [0.3, 0.4) is 0 Å². The number of hydrogen-bond acceptors (Lipinski definition) is 3. The van der Waals surface area contributed by atoms with Crippen LogP contribution in [0.4, 0.5) is 13.2 Å². The van der Waals surface area contributed by atoms with Gasteiger partial charge in [0.05, 0.1) is 11.3 Å². The fourth-order valence-electron chi connectivity index (χ4n) is 3.80. The molecule has 4 nitrogen and oxygen atoms in total. The molecule has 0 radical (unpaired) electrons. The van der Waals surface area contributed by atoms with Crippen LogP contribution in [0.15, 0.2) is 36.5 Å². The summed E-state index contributed by atoms with van der Waals surface area (Å²) in [5.74, 6) is 0. The predicted octanol–water partition coefficient (Wildman–Crippen LogP) is 5.02. The normalized spacial score (nSPS) is 16.1. The van der Waals surface area contributed by atoms with Gasteiger partial charge in [0, 0.05) is 37.3 Å². The van der Waals surface area contributed by atoms with Crippen molar-refractivity contribution in [2.75, 3.05) is 0 Å². The van der Waals surface area contributed by atoms with E-state index in [0.29, 0.717) is 18.2 Å². The van der Waals surface area contributed by atoms with Crippen LogP contribution < -0.4 is 0 Å². The number of aryl methyl sites for hydroxylation is 2. The molecule has 2 aromatic heterocycles. The van der Waals surface area contributed by atoms with Gasteiger partial charge in [-0.15, -0.1) is 0 Å². The molecule has 0 N–H and O–H groups in total. The molecule has 1 unspecified atom stereocenters. The van der Waals surface area contributed by atoms with Crippen molar-refractivity contribution in [2.24, 2.45) is 7.05 Å². The Morgan fingerprint density at radius 2 is 2.00 bits per heavy atom. The zero-order valence-electron chi connectivity index (χ0n) is 16.2. The molecule has 1 fully saturated rings. The average molecular weight is 388 g/mol. The monoisotopic (exact) mass is 388 g/mol. The van der Waals surface area contributed by atoms with Gasteiger partial charge in [0.2, 0.25) is 0 Å². The van der Waals surface area contributed by atoms with Crippen LogP contribution in [0.5, 0.6) is 0 Å². The lowest BCUT2D eigenvalue weighted by Crippen LogP contribution is -2.29. The van der Waals surface area contributed by atoms with Crippen LogP contribution in [0.25, 0.3) is 11.0 Å². The maximum atomic E-state index is 13.1. The Bertz CT molecular complexity index is 1000. The van der Waals surface area contributed by atoms with Crippen LogP contribution in [0.1, 0.15) is 48.2 Å². The lowest BCUT2D eigenvalue weighted by Gasteiger charge is -2.30. The number of hydrogen-bond donors (Lipinski definition) is 0. The first-order valence-electron chi connectivity index (χ1n) is 9.45.